The van der Waals surface area contributed by atoms with Gasteiger partial charge in [0.1, 0.15) is 0 Å². The Bertz CT molecular complexity index is 654. The van der Waals surface area contributed by atoms with Gasteiger partial charge in [-0.05, 0) is 36.8 Å². The third-order valence-electron chi connectivity index (χ3n) is 2.99. The molecule has 3 N–H and O–H groups in total. The summed E-state index contributed by atoms with van der Waals surface area (Å²) < 4.78 is 0. The monoisotopic (exact) mass is 284 g/mol. The lowest BCUT2D eigenvalue weighted by atomic mass is 10.1. The highest BCUT2D eigenvalue weighted by atomic mass is 16.4. The van der Waals surface area contributed by atoms with Crippen molar-refractivity contribution >= 4 is 23.3 Å². The van der Waals surface area contributed by atoms with Crippen molar-refractivity contribution in [3.05, 3.63) is 59.7 Å². The Morgan fingerprint density at radius 2 is 1.81 bits per heavy atom. The second kappa shape index (κ2) is 6.56. The van der Waals surface area contributed by atoms with E-state index < -0.39 is 5.97 Å². The van der Waals surface area contributed by atoms with Crippen molar-refractivity contribution in [1.29, 1.82) is 0 Å². The van der Waals surface area contributed by atoms with E-state index in [-0.39, 0.29) is 18.0 Å². The largest absolute Gasteiger partial charge is 0.478 e. The van der Waals surface area contributed by atoms with E-state index >= 15 is 0 Å². The van der Waals surface area contributed by atoms with E-state index in [4.69, 9.17) is 5.11 Å². The number of anilines is 2. The van der Waals surface area contributed by atoms with E-state index in [1.165, 1.54) is 12.1 Å². The number of carbonyl (C=O) groups excluding carboxylic acids is 1. The summed E-state index contributed by atoms with van der Waals surface area (Å²) in [4.78, 5) is 22.8. The summed E-state index contributed by atoms with van der Waals surface area (Å²) in [7, 11) is 0. The maximum atomic E-state index is 11.9. The Labute approximate surface area is 122 Å². The van der Waals surface area contributed by atoms with Crippen LogP contribution in [0.1, 0.15) is 15.9 Å². The van der Waals surface area contributed by atoms with Gasteiger partial charge in [-0.2, -0.15) is 0 Å². The first kappa shape index (κ1) is 14.6. The number of carboxylic acid groups (broad SMARTS) is 1. The number of carboxylic acids is 1. The fourth-order valence-corrected chi connectivity index (χ4v) is 1.82. The normalized spacial score (nSPS) is 9.95. The van der Waals surface area contributed by atoms with Gasteiger partial charge in [-0.1, -0.05) is 24.3 Å². The SMILES string of the molecule is Cc1ccc(C(=O)O)cc1NC(=O)CNc1ccccc1. The molecule has 0 aromatic heterocycles. The Balaban J connectivity index is 1.99. The standard InChI is InChI=1S/C16H16N2O3/c1-11-7-8-12(16(20)21)9-14(11)18-15(19)10-17-13-5-3-2-4-6-13/h2-9,17H,10H2,1H3,(H,18,19)(H,20,21). The number of carbonyl (C=O) groups is 2. The summed E-state index contributed by atoms with van der Waals surface area (Å²) in [5.41, 5.74) is 2.32. The van der Waals surface area contributed by atoms with Gasteiger partial charge in [0.05, 0.1) is 12.1 Å². The number of hydrogen-bond acceptors (Lipinski definition) is 3. The lowest BCUT2D eigenvalue weighted by molar-refractivity contribution is -0.114. The molecule has 0 aliphatic heterocycles. The molecule has 21 heavy (non-hydrogen) atoms. The molecule has 1 amide bonds. The van der Waals surface area contributed by atoms with Crippen LogP contribution in [0.2, 0.25) is 0 Å². The number of nitrogens with one attached hydrogen (secondary N) is 2. The van der Waals surface area contributed by atoms with Crippen LogP contribution in [0.25, 0.3) is 0 Å². The lowest BCUT2D eigenvalue weighted by Crippen LogP contribution is -2.22. The number of rotatable bonds is 5. The van der Waals surface area contributed by atoms with Gasteiger partial charge >= 0.3 is 5.97 Å². The Morgan fingerprint density at radius 1 is 1.10 bits per heavy atom. The van der Waals surface area contributed by atoms with Gasteiger partial charge in [0.2, 0.25) is 5.91 Å². The van der Waals surface area contributed by atoms with Gasteiger partial charge in [-0.15, -0.1) is 0 Å². The van der Waals surface area contributed by atoms with Crippen molar-refractivity contribution in [3.8, 4) is 0 Å². The third kappa shape index (κ3) is 4.07. The minimum Gasteiger partial charge on any atom is -0.478 e. The molecule has 5 heteroatoms. The molecule has 0 fully saturated rings. The van der Waals surface area contributed by atoms with Gasteiger partial charge < -0.3 is 15.7 Å². The lowest BCUT2D eigenvalue weighted by Gasteiger charge is -2.10. The second-order valence-electron chi connectivity index (χ2n) is 4.60. The molecule has 0 radical (unpaired) electrons. The van der Waals surface area contributed by atoms with E-state index in [2.05, 4.69) is 10.6 Å². The molecule has 0 aliphatic carbocycles. The number of benzene rings is 2. The summed E-state index contributed by atoms with van der Waals surface area (Å²) in [6, 6.07) is 14.0. The Hall–Kier alpha value is -2.82. The predicted molar refractivity (Wildman–Crippen MR) is 81.7 cm³/mol. The summed E-state index contributed by atoms with van der Waals surface area (Å²) in [6.45, 7) is 1.92. The number of para-hydroxylation sites is 1. The summed E-state index contributed by atoms with van der Waals surface area (Å²) in [6.07, 6.45) is 0. The van der Waals surface area contributed by atoms with E-state index in [0.29, 0.717) is 5.69 Å². The zero-order valence-corrected chi connectivity index (χ0v) is 11.6. The molecule has 108 valence electrons. The van der Waals surface area contributed by atoms with Crippen molar-refractivity contribution in [1.82, 2.24) is 0 Å². The van der Waals surface area contributed by atoms with Crippen LogP contribution in [0.15, 0.2) is 48.5 Å². The first-order valence-corrected chi connectivity index (χ1v) is 6.49. The molecule has 2 rings (SSSR count). The summed E-state index contributed by atoms with van der Waals surface area (Å²) in [5, 5.41) is 14.7. The van der Waals surface area contributed by atoms with Crippen LogP contribution >= 0.6 is 0 Å². The predicted octanol–water partition coefficient (Wildman–Crippen LogP) is 2.74. The molecule has 5 nitrogen and oxygen atoms in total. The van der Waals surface area contributed by atoms with Crippen molar-refractivity contribution < 1.29 is 14.7 Å². The van der Waals surface area contributed by atoms with Crippen LogP contribution in [-0.2, 0) is 4.79 Å². The fraction of sp³-hybridized carbons (Fsp3) is 0.125. The highest BCUT2D eigenvalue weighted by molar-refractivity contribution is 5.96. The Morgan fingerprint density at radius 3 is 2.48 bits per heavy atom. The fourth-order valence-electron chi connectivity index (χ4n) is 1.82. The van der Waals surface area contributed by atoms with E-state index in [1.54, 1.807) is 6.07 Å². The maximum Gasteiger partial charge on any atom is 0.335 e. The molecule has 0 heterocycles. The van der Waals surface area contributed by atoms with Crippen LogP contribution < -0.4 is 10.6 Å². The molecule has 0 spiro atoms. The minimum absolute atomic E-state index is 0.112. The molecule has 0 atom stereocenters. The van der Waals surface area contributed by atoms with E-state index in [1.807, 2.05) is 37.3 Å². The summed E-state index contributed by atoms with van der Waals surface area (Å²) in [5.74, 6) is -1.25. The van der Waals surface area contributed by atoms with Gasteiger partial charge in [-0.25, -0.2) is 4.79 Å². The van der Waals surface area contributed by atoms with Gasteiger partial charge in [0.25, 0.3) is 0 Å². The molecule has 0 saturated heterocycles. The van der Waals surface area contributed by atoms with E-state index in [9.17, 15) is 9.59 Å². The summed E-state index contributed by atoms with van der Waals surface area (Å²) >= 11 is 0. The van der Waals surface area contributed by atoms with Gasteiger partial charge in [-0.3, -0.25) is 4.79 Å². The van der Waals surface area contributed by atoms with Crippen molar-refractivity contribution in [2.45, 2.75) is 6.92 Å². The van der Waals surface area contributed by atoms with Gasteiger partial charge in [0.15, 0.2) is 0 Å². The molecular formula is C16H16N2O3. The van der Waals surface area contributed by atoms with E-state index in [0.717, 1.165) is 11.3 Å². The average Bonchev–Trinajstić information content (AvgIpc) is 2.48. The highest BCUT2D eigenvalue weighted by Crippen LogP contribution is 2.17. The maximum absolute atomic E-state index is 11.9. The average molecular weight is 284 g/mol. The van der Waals surface area contributed by atoms with Crippen molar-refractivity contribution in [3.63, 3.8) is 0 Å². The van der Waals surface area contributed by atoms with Crippen LogP contribution in [0.5, 0.6) is 0 Å². The van der Waals surface area contributed by atoms with Crippen LogP contribution in [0.4, 0.5) is 11.4 Å². The number of hydrogen-bond donors (Lipinski definition) is 3. The molecule has 2 aromatic carbocycles. The number of aromatic carboxylic acids is 1. The number of amides is 1. The highest BCUT2D eigenvalue weighted by Gasteiger charge is 2.09. The second-order valence-corrected chi connectivity index (χ2v) is 4.60. The topological polar surface area (TPSA) is 78.4 Å². The molecule has 0 aliphatic rings. The van der Waals surface area contributed by atoms with Crippen molar-refractivity contribution in [2.75, 3.05) is 17.2 Å². The first-order valence-electron chi connectivity index (χ1n) is 6.49. The number of aryl methyl sites for hydroxylation is 1. The molecule has 0 bridgehead atoms. The molecule has 2 aromatic rings. The zero-order chi connectivity index (χ0) is 15.2. The van der Waals surface area contributed by atoms with Crippen LogP contribution in [0, 0.1) is 6.92 Å². The smallest absolute Gasteiger partial charge is 0.335 e. The zero-order valence-electron chi connectivity index (χ0n) is 11.6. The quantitative estimate of drug-likeness (QED) is 0.789. The van der Waals surface area contributed by atoms with Crippen LogP contribution in [-0.4, -0.2) is 23.5 Å². The molecule has 0 saturated carbocycles. The van der Waals surface area contributed by atoms with Crippen molar-refractivity contribution in [2.24, 2.45) is 0 Å². The molecular weight excluding hydrogens is 268 g/mol. The van der Waals surface area contributed by atoms with Gasteiger partial charge in [0, 0.05) is 11.4 Å². The molecule has 0 unspecified atom stereocenters. The van der Waals surface area contributed by atoms with Crippen LogP contribution in [0.3, 0.4) is 0 Å². The minimum atomic E-state index is -1.02. The Kier molecular flexibility index (Phi) is 4.56. The third-order valence-corrected chi connectivity index (χ3v) is 2.99. The first-order chi connectivity index (χ1) is 10.1.